The number of hydrogen-bond acceptors (Lipinski definition) is 8. The predicted octanol–water partition coefficient (Wildman–Crippen LogP) is 6.10. The zero-order valence-electron chi connectivity index (χ0n) is 26.4. The Balaban J connectivity index is 1.70. The second-order valence-corrected chi connectivity index (χ2v) is 10.9. The van der Waals surface area contributed by atoms with Gasteiger partial charge in [-0.25, -0.2) is 4.79 Å². The summed E-state index contributed by atoms with van der Waals surface area (Å²) in [5.41, 5.74) is 7.60. The summed E-state index contributed by atoms with van der Waals surface area (Å²) in [5, 5.41) is 13.2. The van der Waals surface area contributed by atoms with E-state index in [0.29, 0.717) is 61.4 Å². The van der Waals surface area contributed by atoms with Crippen LogP contribution in [0.1, 0.15) is 82.1 Å². The number of aromatic hydroxyl groups is 1. The molecule has 2 aromatic carbocycles. The molecule has 0 unspecified atom stereocenters. The van der Waals surface area contributed by atoms with Gasteiger partial charge in [0.25, 0.3) is 0 Å². The van der Waals surface area contributed by atoms with Gasteiger partial charge in [-0.05, 0) is 74.4 Å². The van der Waals surface area contributed by atoms with Crippen molar-refractivity contribution in [1.29, 1.82) is 0 Å². The Hall–Kier alpha value is -3.72. The molecular weight excluding hydrogens is 546 g/mol. The van der Waals surface area contributed by atoms with Crippen LogP contribution >= 0.6 is 0 Å². The SMILES string of the molecule is CCCOc1cc(N)ccc1C(=O)OCCN(CC)CCCOc1cc(CNC(=O)CCCC/C=C/C(C)C)ccc1O. The number of nitrogens with one attached hydrogen (secondary N) is 1. The molecule has 43 heavy (non-hydrogen) atoms. The Morgan fingerprint density at radius 2 is 1.77 bits per heavy atom. The Bertz CT molecular complexity index is 1150. The van der Waals surface area contributed by atoms with E-state index in [1.165, 1.54) is 0 Å². The first-order chi connectivity index (χ1) is 20.7. The van der Waals surface area contributed by atoms with Gasteiger partial charge < -0.3 is 35.3 Å². The molecule has 0 radical (unpaired) electrons. The van der Waals surface area contributed by atoms with Crippen LogP contribution in [0.2, 0.25) is 0 Å². The van der Waals surface area contributed by atoms with Crippen molar-refractivity contribution in [2.45, 2.75) is 72.8 Å². The van der Waals surface area contributed by atoms with Crippen LogP contribution in [0, 0.1) is 5.92 Å². The highest BCUT2D eigenvalue weighted by Gasteiger charge is 2.15. The summed E-state index contributed by atoms with van der Waals surface area (Å²) >= 11 is 0. The van der Waals surface area contributed by atoms with E-state index in [1.807, 2.05) is 13.8 Å². The highest BCUT2D eigenvalue weighted by molar-refractivity contribution is 5.93. The molecule has 2 aromatic rings. The number of hydrogen-bond donors (Lipinski definition) is 3. The van der Waals surface area contributed by atoms with E-state index in [1.54, 1.807) is 36.4 Å². The lowest BCUT2D eigenvalue weighted by Gasteiger charge is -2.20. The molecule has 0 aromatic heterocycles. The molecule has 238 valence electrons. The number of unbranched alkanes of at least 4 members (excludes halogenated alkanes) is 2. The van der Waals surface area contributed by atoms with Crippen LogP contribution in [0.5, 0.6) is 17.2 Å². The summed E-state index contributed by atoms with van der Waals surface area (Å²) < 4.78 is 17.0. The Kier molecular flexibility index (Phi) is 16.7. The number of ether oxygens (including phenoxy) is 3. The standard InChI is InChI=1S/C34H51N3O6/c1-5-20-41-31-24-28(35)15-16-29(31)34(40)43-22-19-37(6-2)18-11-21-42-32-23-27(14-17-30(32)38)25-36-33(39)13-10-8-7-9-12-26(3)4/h9,12,14-17,23-24,26,38H,5-8,10-11,13,18-22,25,35H2,1-4H3,(H,36,39)/b12-9+. The molecule has 9 heteroatoms. The minimum Gasteiger partial charge on any atom is -0.504 e. The van der Waals surface area contributed by atoms with Crippen LogP contribution in [-0.2, 0) is 16.1 Å². The lowest BCUT2D eigenvalue weighted by Crippen LogP contribution is -2.30. The van der Waals surface area contributed by atoms with Crippen LogP contribution in [0.15, 0.2) is 48.6 Å². The number of anilines is 1. The largest absolute Gasteiger partial charge is 0.504 e. The maximum atomic E-state index is 12.6. The molecule has 0 fully saturated rings. The van der Waals surface area contributed by atoms with Crippen molar-refractivity contribution in [3.05, 3.63) is 59.7 Å². The number of amides is 1. The fraction of sp³-hybridized carbons (Fsp3) is 0.529. The molecule has 2 rings (SSSR count). The third-order valence-electron chi connectivity index (χ3n) is 6.71. The van der Waals surface area contributed by atoms with E-state index >= 15 is 0 Å². The average Bonchev–Trinajstić information content (AvgIpc) is 2.98. The predicted molar refractivity (Wildman–Crippen MR) is 172 cm³/mol. The number of allylic oxidation sites excluding steroid dienone is 2. The molecule has 0 heterocycles. The number of nitrogens with zero attached hydrogens (tertiary/aromatic N) is 1. The van der Waals surface area contributed by atoms with Crippen LogP contribution in [0.25, 0.3) is 0 Å². The second-order valence-electron chi connectivity index (χ2n) is 10.9. The number of carbonyl (C=O) groups is 2. The molecule has 0 saturated carbocycles. The first-order valence-corrected chi connectivity index (χ1v) is 15.5. The minimum absolute atomic E-state index is 0.0208. The third-order valence-corrected chi connectivity index (χ3v) is 6.71. The number of nitrogen functional groups attached to an aromatic ring is 1. The zero-order chi connectivity index (χ0) is 31.5. The lowest BCUT2D eigenvalue weighted by molar-refractivity contribution is -0.121. The van der Waals surface area contributed by atoms with E-state index in [4.69, 9.17) is 19.9 Å². The summed E-state index contributed by atoms with van der Waals surface area (Å²) in [4.78, 5) is 27.0. The summed E-state index contributed by atoms with van der Waals surface area (Å²) in [7, 11) is 0. The second kappa shape index (κ2) is 20.2. The van der Waals surface area contributed by atoms with Crippen molar-refractivity contribution in [2.75, 3.05) is 45.2 Å². The smallest absolute Gasteiger partial charge is 0.341 e. The van der Waals surface area contributed by atoms with Gasteiger partial charge in [0.15, 0.2) is 11.5 Å². The maximum absolute atomic E-state index is 12.6. The Morgan fingerprint density at radius 1 is 0.977 bits per heavy atom. The van der Waals surface area contributed by atoms with Gasteiger partial charge >= 0.3 is 5.97 Å². The van der Waals surface area contributed by atoms with Gasteiger partial charge in [-0.1, -0.05) is 45.9 Å². The number of carbonyl (C=O) groups excluding carboxylic acids is 2. The number of phenols is 1. The van der Waals surface area contributed by atoms with Crippen molar-refractivity contribution in [2.24, 2.45) is 5.92 Å². The number of likely N-dealkylation sites (N-methyl/N-ethyl adjacent to an activating group) is 1. The van der Waals surface area contributed by atoms with Crippen LogP contribution in [-0.4, -0.2) is 61.3 Å². The highest BCUT2D eigenvalue weighted by atomic mass is 16.5. The molecule has 0 spiro atoms. The quantitative estimate of drug-likeness (QED) is 0.0683. The number of esters is 1. The molecule has 4 N–H and O–H groups in total. The lowest BCUT2D eigenvalue weighted by atomic mass is 10.1. The maximum Gasteiger partial charge on any atom is 0.341 e. The molecular formula is C34H51N3O6. The summed E-state index contributed by atoms with van der Waals surface area (Å²) in [5.74, 6) is 1.03. The zero-order valence-corrected chi connectivity index (χ0v) is 26.4. The summed E-state index contributed by atoms with van der Waals surface area (Å²) in [6, 6.07) is 10.1. The molecule has 0 saturated heterocycles. The number of benzene rings is 2. The summed E-state index contributed by atoms with van der Waals surface area (Å²) in [6.45, 7) is 12.0. The fourth-order valence-electron chi connectivity index (χ4n) is 4.27. The fourth-order valence-corrected chi connectivity index (χ4v) is 4.27. The number of rotatable bonds is 21. The molecule has 0 aliphatic heterocycles. The van der Waals surface area contributed by atoms with Gasteiger partial charge in [0.1, 0.15) is 17.9 Å². The molecule has 9 nitrogen and oxygen atoms in total. The van der Waals surface area contributed by atoms with Crippen LogP contribution < -0.4 is 20.5 Å². The Morgan fingerprint density at radius 3 is 2.51 bits per heavy atom. The molecule has 0 aliphatic carbocycles. The first kappa shape index (κ1) is 35.5. The van der Waals surface area contributed by atoms with E-state index in [2.05, 4.69) is 36.2 Å². The van der Waals surface area contributed by atoms with Crippen molar-refractivity contribution in [3.63, 3.8) is 0 Å². The number of phenolic OH excluding ortho intramolecular Hbond substituents is 1. The Labute approximate surface area is 257 Å². The topological polar surface area (TPSA) is 123 Å². The van der Waals surface area contributed by atoms with Crippen molar-refractivity contribution < 1.29 is 28.9 Å². The van der Waals surface area contributed by atoms with E-state index < -0.39 is 5.97 Å². The van der Waals surface area contributed by atoms with Crippen molar-refractivity contribution in [3.8, 4) is 17.2 Å². The van der Waals surface area contributed by atoms with Gasteiger partial charge in [-0.15, -0.1) is 0 Å². The van der Waals surface area contributed by atoms with Crippen molar-refractivity contribution >= 4 is 17.6 Å². The van der Waals surface area contributed by atoms with Crippen LogP contribution in [0.3, 0.4) is 0 Å². The number of nitrogens with two attached hydrogens (primary N) is 1. The third kappa shape index (κ3) is 14.3. The van der Waals surface area contributed by atoms with E-state index in [-0.39, 0.29) is 18.3 Å². The average molecular weight is 598 g/mol. The van der Waals surface area contributed by atoms with E-state index in [9.17, 15) is 14.7 Å². The normalized spacial score (nSPS) is 11.3. The monoisotopic (exact) mass is 597 g/mol. The van der Waals surface area contributed by atoms with Gasteiger partial charge in [0.2, 0.25) is 5.91 Å². The highest BCUT2D eigenvalue weighted by Crippen LogP contribution is 2.27. The van der Waals surface area contributed by atoms with Gasteiger partial charge in [0, 0.05) is 37.8 Å². The van der Waals surface area contributed by atoms with Crippen LogP contribution in [0.4, 0.5) is 5.69 Å². The summed E-state index contributed by atoms with van der Waals surface area (Å²) in [6.07, 6.45) is 9.25. The van der Waals surface area contributed by atoms with Gasteiger partial charge in [-0.2, -0.15) is 0 Å². The molecule has 0 bridgehead atoms. The minimum atomic E-state index is -0.438. The molecule has 0 aliphatic rings. The molecule has 0 atom stereocenters. The first-order valence-electron chi connectivity index (χ1n) is 15.5. The van der Waals surface area contributed by atoms with E-state index in [0.717, 1.165) is 50.8 Å². The van der Waals surface area contributed by atoms with Gasteiger partial charge in [-0.3, -0.25) is 4.79 Å². The molecule has 1 amide bonds. The van der Waals surface area contributed by atoms with Crippen molar-refractivity contribution in [1.82, 2.24) is 10.2 Å². The van der Waals surface area contributed by atoms with Gasteiger partial charge in [0.05, 0.1) is 13.2 Å².